The second-order valence-electron chi connectivity index (χ2n) is 48.3. The first-order chi connectivity index (χ1) is 54.9. The molecule has 8 rings (SSSR count). The van der Waals surface area contributed by atoms with Crippen LogP contribution in [0.5, 0.6) is 11.5 Å². The van der Waals surface area contributed by atoms with Crippen molar-refractivity contribution in [1.29, 1.82) is 0 Å². The van der Waals surface area contributed by atoms with E-state index in [0.29, 0.717) is 34.0 Å². The Morgan fingerprint density at radius 1 is 0.273 bits per heavy atom. The summed E-state index contributed by atoms with van der Waals surface area (Å²) in [6.45, 7) is 114. The first-order valence-corrected chi connectivity index (χ1v) is 54.2. The van der Waals surface area contributed by atoms with Gasteiger partial charge in [0.05, 0.1) is 16.1 Å². The van der Waals surface area contributed by atoms with E-state index in [-0.39, 0.29) is 104 Å². The van der Waals surface area contributed by atoms with Crippen LogP contribution in [0, 0.1) is 11.3 Å². The lowest BCUT2D eigenvalue weighted by Gasteiger charge is -2.42. The molecule has 0 saturated heterocycles. The SMILES string of the molecule is C.C.C.C.C.C.CC(C)(C)Oc1ccccc1C(C)(C)C.CC(C)(C)Oc1ccccc1C(C)(C)C.CC(C)(C)Sc1ccccc1C(C)(C)C.CC(C)(C)c1ccccc1C(C)(C)C(C)(C)C.CC(C)(C)c1ccccc1[Si](C)(C)C(C)(C)C.CC(C)Sc1ccccc1C(C)C.CC(C)c1ccccc1C(C)(C)C(C)C.CC(C)c1ccccc1[Si](C)(C)C(C)C. The monoisotopic (exact) mass is 1830 g/mol. The minimum atomic E-state index is -1.44. The predicted octanol–water partition coefficient (Wildman–Crippen LogP) is 40.2. The van der Waals surface area contributed by atoms with Gasteiger partial charge in [-0.05, 0) is 199 Å². The number of benzene rings is 8. The fraction of sp³-hybridized carbons (Fsp3) is 0.607. The summed E-state index contributed by atoms with van der Waals surface area (Å²) in [5.41, 5.74) is 16.7. The largest absolute Gasteiger partial charge is 0.488 e. The summed E-state index contributed by atoms with van der Waals surface area (Å²) < 4.78 is 12.2. The van der Waals surface area contributed by atoms with Crippen LogP contribution < -0.4 is 19.8 Å². The highest BCUT2D eigenvalue weighted by Crippen LogP contribution is 2.46. The fourth-order valence-corrected chi connectivity index (χ4v) is 20.9. The second kappa shape index (κ2) is 54.1. The molecule has 0 heterocycles. The van der Waals surface area contributed by atoms with Crippen molar-refractivity contribution in [2.75, 3.05) is 0 Å². The molecule has 732 valence electrons. The van der Waals surface area contributed by atoms with Gasteiger partial charge in [-0.1, -0.05) is 528 Å². The van der Waals surface area contributed by atoms with Crippen molar-refractivity contribution in [1.82, 2.24) is 0 Å². The molecule has 0 spiro atoms. The van der Waals surface area contributed by atoms with Crippen LogP contribution in [0.3, 0.4) is 0 Å². The van der Waals surface area contributed by atoms with Crippen LogP contribution in [-0.2, 0) is 37.9 Å². The highest BCUT2D eigenvalue weighted by atomic mass is 32.2. The molecule has 6 heteroatoms. The van der Waals surface area contributed by atoms with Crippen molar-refractivity contribution < 1.29 is 9.47 Å². The third-order valence-corrected chi connectivity index (χ3v) is 36.8. The first-order valence-electron chi connectivity index (χ1n) is 46.4. The Morgan fingerprint density at radius 3 is 0.867 bits per heavy atom. The minimum Gasteiger partial charge on any atom is -0.488 e. The van der Waals surface area contributed by atoms with Gasteiger partial charge in [-0.2, -0.15) is 0 Å². The molecule has 0 N–H and O–H groups in total. The summed E-state index contributed by atoms with van der Waals surface area (Å²) in [5, 5.41) is 4.34. The summed E-state index contributed by atoms with van der Waals surface area (Å²) in [6, 6.07) is 69.8. The Kier molecular flexibility index (Phi) is 56.4. The highest BCUT2D eigenvalue weighted by molar-refractivity contribution is 8.00. The number of hydrogen-bond acceptors (Lipinski definition) is 4. The highest BCUT2D eigenvalue weighted by Gasteiger charge is 2.41. The van der Waals surface area contributed by atoms with Crippen molar-refractivity contribution in [3.8, 4) is 11.5 Å². The topological polar surface area (TPSA) is 18.5 Å². The average molecular weight is 1830 g/mol. The van der Waals surface area contributed by atoms with Crippen LogP contribution >= 0.6 is 23.5 Å². The van der Waals surface area contributed by atoms with Gasteiger partial charge in [0.25, 0.3) is 0 Å². The Hall–Kier alpha value is -5.51. The van der Waals surface area contributed by atoms with Crippen molar-refractivity contribution in [2.24, 2.45) is 11.3 Å². The van der Waals surface area contributed by atoms with Gasteiger partial charge in [-0.25, -0.2) is 0 Å². The quantitative estimate of drug-likeness (QED) is 0.0797. The van der Waals surface area contributed by atoms with Crippen LogP contribution in [0.25, 0.3) is 0 Å². The summed E-state index contributed by atoms with van der Waals surface area (Å²) in [5.74, 6) is 4.54. The maximum absolute atomic E-state index is 5.96. The van der Waals surface area contributed by atoms with E-state index in [4.69, 9.17) is 9.47 Å². The van der Waals surface area contributed by atoms with Gasteiger partial charge in [0, 0.05) is 19.8 Å². The van der Waals surface area contributed by atoms with Gasteiger partial charge in [0.15, 0.2) is 0 Å². The standard InChI is InChI=1S/C17H28.C16H28Si.C15H24.2C14H22O.C14H22S.C14H24Si.C12H18S.6CH4/c2*1-15(2,3)13-11-9-10-12-14(13)17(7,8)16(4,5)6;1-11(2)13-9-7-8-10-14(13)15(5,6)12(3)4;3*1-13(2,3)11-9-7-8-10-12(11)15-14(4,5)6;1-11(2)13-9-7-8-10-14(13)15(5,6)12(3)4;1-9(2)11-7-5-6-8-12(11)13-10(3)4;;;;;;/h2*9-12H,1-8H3;7-12H,1-6H3;3*7-10H,1-6H3;7-12H,1-6H3;5-10H,1-4H3;6*1H4. The van der Waals surface area contributed by atoms with Gasteiger partial charge in [0.2, 0.25) is 0 Å². The molecule has 0 aliphatic carbocycles. The number of rotatable bonds is 14. The molecule has 0 aromatic heterocycles. The van der Waals surface area contributed by atoms with E-state index in [0.717, 1.165) is 17.0 Å². The molecular formula is C122H212O2S2Si2. The molecule has 0 fully saturated rings. The number of thioether (sulfide) groups is 2. The molecule has 2 nitrogen and oxygen atoms in total. The van der Waals surface area contributed by atoms with Crippen molar-refractivity contribution >= 4 is 50.0 Å². The first kappa shape index (κ1) is 133. The van der Waals surface area contributed by atoms with Gasteiger partial charge < -0.3 is 9.47 Å². The molecule has 0 amide bonds. The van der Waals surface area contributed by atoms with Crippen molar-refractivity contribution in [2.45, 2.75) is 486 Å². The molecule has 0 unspecified atom stereocenters. The zero-order valence-electron chi connectivity index (χ0n) is 88.6. The Balaban J connectivity index is -0.000000330. The molecule has 0 aliphatic rings. The van der Waals surface area contributed by atoms with Crippen LogP contribution in [0.15, 0.2) is 204 Å². The number of ether oxygens (including phenoxy) is 2. The van der Waals surface area contributed by atoms with Gasteiger partial charge in [0.1, 0.15) is 22.7 Å². The normalized spacial score (nSPS) is 12.2. The molecular weight excluding hydrogens is 1620 g/mol. The molecule has 8 aromatic rings. The third-order valence-electron chi connectivity index (χ3n) is 24.2. The van der Waals surface area contributed by atoms with Crippen LogP contribution in [0.4, 0.5) is 0 Å². The maximum Gasteiger partial charge on any atom is 0.123 e. The van der Waals surface area contributed by atoms with E-state index in [1.807, 2.05) is 47.8 Å². The zero-order valence-corrected chi connectivity index (χ0v) is 92.2. The lowest BCUT2D eigenvalue weighted by atomic mass is 9.62. The van der Waals surface area contributed by atoms with E-state index < -0.39 is 16.1 Å². The van der Waals surface area contributed by atoms with E-state index in [1.165, 1.54) is 59.9 Å². The fourth-order valence-electron chi connectivity index (χ4n) is 13.8. The van der Waals surface area contributed by atoms with E-state index >= 15 is 0 Å². The van der Waals surface area contributed by atoms with Gasteiger partial charge in [-0.3, -0.25) is 0 Å². The Labute approximate surface area is 812 Å². The molecule has 128 heavy (non-hydrogen) atoms. The molecule has 0 radical (unpaired) electrons. The summed E-state index contributed by atoms with van der Waals surface area (Å²) in [6.07, 6.45) is 0. The smallest absolute Gasteiger partial charge is 0.123 e. The van der Waals surface area contributed by atoms with E-state index in [2.05, 4.69) is 515 Å². The zero-order chi connectivity index (χ0) is 95.2. The predicted molar refractivity (Wildman–Crippen MR) is 604 cm³/mol. The molecule has 0 atom stereocenters. The van der Waals surface area contributed by atoms with Crippen molar-refractivity contribution in [3.63, 3.8) is 0 Å². The van der Waals surface area contributed by atoms with Crippen LogP contribution in [-0.4, -0.2) is 37.3 Å². The summed E-state index contributed by atoms with van der Waals surface area (Å²) in [7, 11) is -2.70. The van der Waals surface area contributed by atoms with E-state index in [9.17, 15) is 0 Å². The number of hydrogen-bond donors (Lipinski definition) is 0. The summed E-state index contributed by atoms with van der Waals surface area (Å²) >= 11 is 3.91. The van der Waals surface area contributed by atoms with Gasteiger partial charge >= 0.3 is 0 Å². The molecule has 8 aromatic carbocycles. The third kappa shape index (κ3) is 44.1. The van der Waals surface area contributed by atoms with Gasteiger partial charge in [-0.15, -0.1) is 23.5 Å². The maximum atomic E-state index is 5.96. The molecule has 0 bridgehead atoms. The van der Waals surface area contributed by atoms with Crippen LogP contribution in [0.2, 0.25) is 36.8 Å². The Morgan fingerprint density at radius 2 is 0.555 bits per heavy atom. The molecule has 0 aliphatic heterocycles. The number of para-hydroxylation sites is 2. The van der Waals surface area contributed by atoms with Crippen molar-refractivity contribution in [3.05, 3.63) is 250 Å². The van der Waals surface area contributed by atoms with E-state index in [1.54, 1.807) is 15.9 Å². The summed E-state index contributed by atoms with van der Waals surface area (Å²) in [4.78, 5) is 2.85. The average Bonchev–Trinajstić information content (AvgIpc) is 0.770. The Bertz CT molecular complexity index is 4030. The lowest BCUT2D eigenvalue weighted by molar-refractivity contribution is 0.127. The minimum absolute atomic E-state index is 0. The second-order valence-corrected chi connectivity index (χ2v) is 62.2. The molecule has 0 saturated carbocycles. The van der Waals surface area contributed by atoms with Crippen LogP contribution in [0.1, 0.15) is 436 Å². The lowest BCUT2D eigenvalue weighted by Crippen LogP contribution is -2.52.